The second kappa shape index (κ2) is 7.59. The minimum atomic E-state index is -1.44. The minimum absolute atomic E-state index is 0.145. The van der Waals surface area contributed by atoms with E-state index in [9.17, 15) is 0 Å². The Balaban J connectivity index is 2.23. The van der Waals surface area contributed by atoms with Gasteiger partial charge in [-0.25, -0.2) is 0 Å². The van der Waals surface area contributed by atoms with E-state index >= 15 is 0 Å². The van der Waals surface area contributed by atoms with Crippen LogP contribution in [0.5, 0.6) is 0 Å². The molecule has 3 rings (SSSR count). The van der Waals surface area contributed by atoms with Gasteiger partial charge in [0.15, 0.2) is 0 Å². The lowest BCUT2D eigenvalue weighted by Crippen LogP contribution is -2.56. The summed E-state index contributed by atoms with van der Waals surface area (Å²) >= 11 is 0. The van der Waals surface area contributed by atoms with Gasteiger partial charge < -0.3 is 0 Å². The third-order valence-electron chi connectivity index (χ3n) is 6.69. The molecule has 0 N–H and O–H groups in total. The number of hydrogen-bond acceptors (Lipinski definition) is 0. The van der Waals surface area contributed by atoms with Gasteiger partial charge in [-0.15, -0.1) is 0 Å². The molecule has 2 heteroatoms. The van der Waals surface area contributed by atoms with Crippen molar-refractivity contribution < 1.29 is 0 Å². The number of rotatable bonds is 3. The molecule has 1 aliphatic rings. The highest BCUT2D eigenvalue weighted by Crippen LogP contribution is 2.39. The lowest BCUT2D eigenvalue weighted by molar-refractivity contribution is 0.566. The van der Waals surface area contributed by atoms with Gasteiger partial charge in [0.2, 0.25) is 0 Å². The smallest absolute Gasteiger partial charge is 0.0720 e. The fraction of sp³-hybridized carbons (Fsp3) is 0.517. The van der Waals surface area contributed by atoms with E-state index in [0.29, 0.717) is 5.92 Å². The normalized spacial score (nSPS) is 17.2. The summed E-state index contributed by atoms with van der Waals surface area (Å²) in [5.41, 5.74) is 7.60. The Hall–Kier alpha value is -1.39. The number of hydrogen-bond donors (Lipinski definition) is 0. The second-order valence-electron chi connectivity index (χ2n) is 13.7. The largest absolute Gasteiger partial charge is 0.0774 e. The summed E-state index contributed by atoms with van der Waals surface area (Å²) < 4.78 is 0. The molecule has 31 heavy (non-hydrogen) atoms. The van der Waals surface area contributed by atoms with Crippen molar-refractivity contribution in [2.75, 3.05) is 0 Å². The summed E-state index contributed by atoms with van der Waals surface area (Å²) in [5.74, 6) is 0.365. The van der Waals surface area contributed by atoms with E-state index in [2.05, 4.69) is 123 Å². The van der Waals surface area contributed by atoms with Crippen molar-refractivity contribution in [3.05, 3.63) is 64.2 Å². The van der Waals surface area contributed by atoms with Gasteiger partial charge in [-0.1, -0.05) is 134 Å². The maximum absolute atomic E-state index is 2.61. The molecule has 0 nitrogen and oxygen atoms in total. The molecular weight excluding hydrogens is 404 g/mol. The van der Waals surface area contributed by atoms with Crippen LogP contribution in [-0.4, -0.2) is 16.1 Å². The molecule has 0 radical (unpaired) electrons. The van der Waals surface area contributed by atoms with E-state index in [1.807, 2.05) is 0 Å². The van der Waals surface area contributed by atoms with Crippen LogP contribution in [0, 0.1) is 0 Å². The van der Waals surface area contributed by atoms with Crippen molar-refractivity contribution in [2.24, 2.45) is 0 Å². The molecular formula is C29H44Si2. The van der Waals surface area contributed by atoms with Crippen LogP contribution >= 0.6 is 0 Å². The molecule has 0 amide bonds. The Morgan fingerprint density at radius 1 is 0.613 bits per heavy atom. The van der Waals surface area contributed by atoms with Gasteiger partial charge in [0.1, 0.15) is 0 Å². The van der Waals surface area contributed by atoms with Crippen molar-refractivity contribution in [1.29, 1.82) is 0 Å². The molecule has 1 unspecified atom stereocenters. The average molecular weight is 449 g/mol. The molecule has 0 spiro atoms. The van der Waals surface area contributed by atoms with Crippen molar-refractivity contribution in [3.63, 3.8) is 0 Å². The zero-order valence-electron chi connectivity index (χ0n) is 22.1. The Morgan fingerprint density at radius 3 is 1.48 bits per heavy atom. The van der Waals surface area contributed by atoms with Crippen LogP contribution in [0.3, 0.4) is 0 Å². The molecule has 0 heterocycles. The Kier molecular flexibility index (Phi) is 5.94. The maximum Gasteiger partial charge on any atom is 0.0774 e. The zero-order valence-corrected chi connectivity index (χ0v) is 24.1. The summed E-state index contributed by atoms with van der Waals surface area (Å²) in [6.07, 6.45) is 4.83. The van der Waals surface area contributed by atoms with Gasteiger partial charge in [-0.2, -0.15) is 0 Å². The molecule has 0 saturated heterocycles. The summed E-state index contributed by atoms with van der Waals surface area (Å²) in [5, 5.41) is 3.36. The third kappa shape index (κ3) is 5.01. The van der Waals surface area contributed by atoms with E-state index in [0.717, 1.165) is 0 Å². The Labute approximate surface area is 194 Å². The SMILES string of the molecule is CC(C)(C)c1cc(C2C=Cc3cc([Si](C)(C)C)c([Si](C)(C)C)cc32)cc(C(C)(C)C)c1. The van der Waals surface area contributed by atoms with Crippen LogP contribution in [0.15, 0.2) is 36.4 Å². The highest BCUT2D eigenvalue weighted by molar-refractivity contribution is 6.98. The molecule has 2 aromatic rings. The molecule has 0 aromatic heterocycles. The van der Waals surface area contributed by atoms with Crippen molar-refractivity contribution >= 4 is 32.6 Å². The van der Waals surface area contributed by atoms with E-state index < -0.39 is 16.1 Å². The third-order valence-corrected chi connectivity index (χ3v) is 11.0. The first-order chi connectivity index (χ1) is 13.9. The molecule has 1 aliphatic carbocycles. The molecule has 168 valence electrons. The van der Waals surface area contributed by atoms with Gasteiger partial charge >= 0.3 is 0 Å². The van der Waals surface area contributed by atoms with Crippen LogP contribution in [0.25, 0.3) is 6.08 Å². The summed E-state index contributed by atoms with van der Waals surface area (Å²) in [6.45, 7) is 29.0. The second-order valence-corrected chi connectivity index (χ2v) is 23.8. The van der Waals surface area contributed by atoms with Gasteiger partial charge in [0.25, 0.3) is 0 Å². The van der Waals surface area contributed by atoms with E-state index in [1.54, 1.807) is 10.4 Å². The number of allylic oxidation sites excluding steroid dienone is 1. The quantitative estimate of drug-likeness (QED) is 0.426. The van der Waals surface area contributed by atoms with Crippen LogP contribution in [0.4, 0.5) is 0 Å². The molecule has 1 atom stereocenters. The van der Waals surface area contributed by atoms with Crippen molar-refractivity contribution in [1.82, 2.24) is 0 Å². The molecule has 0 fully saturated rings. The summed E-state index contributed by atoms with van der Waals surface area (Å²) in [4.78, 5) is 0. The number of benzene rings is 2. The van der Waals surface area contributed by atoms with Crippen LogP contribution < -0.4 is 10.4 Å². The highest BCUT2D eigenvalue weighted by Gasteiger charge is 2.32. The van der Waals surface area contributed by atoms with E-state index in [1.165, 1.54) is 27.8 Å². The zero-order chi connectivity index (χ0) is 23.6. The summed E-state index contributed by atoms with van der Waals surface area (Å²) in [7, 11) is -2.83. The Bertz CT molecular complexity index is 981. The summed E-state index contributed by atoms with van der Waals surface area (Å²) in [6, 6.07) is 12.6. The predicted molar refractivity (Wildman–Crippen MR) is 147 cm³/mol. The van der Waals surface area contributed by atoms with E-state index in [4.69, 9.17) is 0 Å². The lowest BCUT2D eigenvalue weighted by atomic mass is 9.77. The fourth-order valence-electron chi connectivity index (χ4n) is 4.58. The standard InChI is InChI=1S/C29H44Si2/c1-28(2,3)22-15-21(16-23(18-22)29(4,5)6)24-14-13-20-17-26(30(7,8)9)27(19-25(20)24)31(10,11)12/h13-19,24H,1-12H3. The first-order valence-electron chi connectivity index (χ1n) is 11.9. The maximum atomic E-state index is 2.61. The van der Waals surface area contributed by atoms with Gasteiger partial charge in [-0.05, 0) is 38.6 Å². The highest BCUT2D eigenvalue weighted by atomic mass is 28.3. The van der Waals surface area contributed by atoms with Crippen LogP contribution in [-0.2, 0) is 10.8 Å². The fourth-order valence-corrected chi connectivity index (χ4v) is 9.77. The van der Waals surface area contributed by atoms with Crippen molar-refractivity contribution in [2.45, 2.75) is 97.6 Å². The first kappa shape index (κ1) is 24.3. The average Bonchev–Trinajstić information content (AvgIpc) is 3.00. The topological polar surface area (TPSA) is 0 Å². The first-order valence-corrected chi connectivity index (χ1v) is 18.9. The van der Waals surface area contributed by atoms with E-state index in [-0.39, 0.29) is 10.8 Å². The number of fused-ring (bicyclic) bond motifs is 1. The molecule has 0 aliphatic heterocycles. The van der Waals surface area contributed by atoms with Gasteiger partial charge in [0.05, 0.1) is 16.1 Å². The monoisotopic (exact) mass is 448 g/mol. The van der Waals surface area contributed by atoms with Gasteiger partial charge in [-0.3, -0.25) is 0 Å². The van der Waals surface area contributed by atoms with Crippen LogP contribution in [0.2, 0.25) is 39.3 Å². The minimum Gasteiger partial charge on any atom is -0.0720 e. The predicted octanol–water partition coefficient (Wildman–Crippen LogP) is 7.53. The molecule has 0 saturated carbocycles. The molecule has 2 aromatic carbocycles. The Morgan fingerprint density at radius 2 is 1.06 bits per heavy atom. The van der Waals surface area contributed by atoms with Gasteiger partial charge in [0, 0.05) is 5.92 Å². The van der Waals surface area contributed by atoms with Crippen LogP contribution in [0.1, 0.15) is 75.3 Å². The van der Waals surface area contributed by atoms with Crippen molar-refractivity contribution in [3.8, 4) is 0 Å². The molecule has 0 bridgehead atoms. The lowest BCUT2D eigenvalue weighted by Gasteiger charge is -2.30.